The van der Waals surface area contributed by atoms with Crippen molar-refractivity contribution in [2.45, 2.75) is 31.8 Å². The number of ether oxygens (including phenoxy) is 3. The Morgan fingerprint density at radius 3 is 2.43 bits per heavy atom. The zero-order valence-electron chi connectivity index (χ0n) is 30.0. The number of hydrogen-bond acceptors (Lipinski definition) is 11. The minimum absolute atomic E-state index is 0.145. The minimum atomic E-state index is -0.655. The molecule has 13 nitrogen and oxygen atoms in total. The normalized spacial score (nSPS) is 15.3. The van der Waals surface area contributed by atoms with Crippen LogP contribution in [0.2, 0.25) is 0 Å². The van der Waals surface area contributed by atoms with Crippen molar-refractivity contribution in [2.24, 2.45) is 0 Å². The number of hydrogen-bond donors (Lipinski definition) is 2. The van der Waals surface area contributed by atoms with Gasteiger partial charge in [-0.3, -0.25) is 24.5 Å². The van der Waals surface area contributed by atoms with E-state index in [1.54, 1.807) is 29.5 Å². The Morgan fingerprint density at radius 1 is 0.907 bits per heavy atom. The van der Waals surface area contributed by atoms with E-state index in [0.29, 0.717) is 49.8 Å². The molecule has 2 N–H and O–H groups in total. The van der Waals surface area contributed by atoms with Gasteiger partial charge in [0.1, 0.15) is 29.2 Å². The fourth-order valence-electron chi connectivity index (χ4n) is 6.32. The zero-order chi connectivity index (χ0) is 37.6. The number of carbonyl (C=O) groups is 4. The summed E-state index contributed by atoms with van der Waals surface area (Å²) in [4.78, 5) is 62.0. The number of thiazole rings is 1. The van der Waals surface area contributed by atoms with Gasteiger partial charge in [0.25, 0.3) is 5.91 Å². The molecule has 1 unspecified atom stereocenters. The molecule has 2 aliphatic rings. The number of imide groups is 1. The smallest absolute Gasteiger partial charge is 0.255 e. The molecule has 2 aliphatic heterocycles. The summed E-state index contributed by atoms with van der Waals surface area (Å²) in [7, 11) is 3.94. The van der Waals surface area contributed by atoms with Gasteiger partial charge in [0.05, 0.1) is 43.1 Å². The molecule has 2 aromatic heterocycles. The second-order valence-electron chi connectivity index (χ2n) is 13.2. The van der Waals surface area contributed by atoms with Crippen LogP contribution < -0.4 is 20.3 Å². The number of carbonyl (C=O) groups excluding carboxylic acids is 4. The first-order chi connectivity index (χ1) is 26.2. The van der Waals surface area contributed by atoms with Crippen LogP contribution in [0.5, 0.6) is 5.75 Å². The molecule has 54 heavy (non-hydrogen) atoms. The maximum atomic E-state index is 12.9. The number of pyridine rings is 1. The van der Waals surface area contributed by atoms with Crippen LogP contribution in [0.25, 0.3) is 31.9 Å². The van der Waals surface area contributed by atoms with Crippen LogP contribution in [0.15, 0.2) is 79.0 Å². The Kier molecular flexibility index (Phi) is 11.2. The Bertz CT molecular complexity index is 2170. The van der Waals surface area contributed by atoms with Crippen LogP contribution in [-0.2, 0) is 30.4 Å². The third-order valence-electron chi connectivity index (χ3n) is 9.18. The third kappa shape index (κ3) is 8.57. The molecule has 0 spiro atoms. The first kappa shape index (κ1) is 36.6. The number of fused-ring (bicyclic) bond motifs is 2. The van der Waals surface area contributed by atoms with Crippen molar-refractivity contribution in [3.63, 3.8) is 0 Å². The number of rotatable bonds is 15. The van der Waals surface area contributed by atoms with Crippen molar-refractivity contribution in [3.8, 4) is 27.4 Å². The highest BCUT2D eigenvalue weighted by Crippen LogP contribution is 2.34. The van der Waals surface area contributed by atoms with E-state index in [2.05, 4.69) is 45.9 Å². The molecule has 7 rings (SSSR count). The molecule has 1 atom stereocenters. The van der Waals surface area contributed by atoms with Gasteiger partial charge in [-0.2, -0.15) is 0 Å². The van der Waals surface area contributed by atoms with Crippen molar-refractivity contribution >= 4 is 56.7 Å². The summed E-state index contributed by atoms with van der Waals surface area (Å²) in [5.74, 6) is 0.386. The van der Waals surface area contributed by atoms with Crippen molar-refractivity contribution in [2.75, 3.05) is 57.3 Å². The van der Waals surface area contributed by atoms with Gasteiger partial charge in [-0.15, -0.1) is 11.3 Å². The van der Waals surface area contributed by atoms with E-state index in [-0.39, 0.29) is 43.7 Å². The van der Waals surface area contributed by atoms with Gasteiger partial charge in [-0.05, 0) is 66.1 Å². The average Bonchev–Trinajstić information content (AvgIpc) is 3.74. The van der Waals surface area contributed by atoms with E-state index in [0.717, 1.165) is 43.3 Å². The van der Waals surface area contributed by atoms with Crippen LogP contribution in [-0.4, -0.2) is 91.7 Å². The molecule has 1 fully saturated rings. The standard InChI is InChI=1S/C40H40N6O7S/c1-45(2)35-13-7-27(23-41-35)25-3-5-26(6-4-25)39-43-32-11-8-29(22-34(32)54-39)42-37(48)15-16-51-17-18-52-19-20-53-30-9-10-31-28(21-30)24-46(40(31)50)33-12-14-36(47)44-38(33)49/h3-11,13,21-23,33H,12,14-20,24H2,1-2H3,(H,42,48)(H,44,47,49). The zero-order valence-corrected chi connectivity index (χ0v) is 30.8. The van der Waals surface area contributed by atoms with Gasteiger partial charge in [-0.1, -0.05) is 24.3 Å². The van der Waals surface area contributed by atoms with E-state index >= 15 is 0 Å². The largest absolute Gasteiger partial charge is 0.491 e. The molecule has 278 valence electrons. The predicted molar refractivity (Wildman–Crippen MR) is 205 cm³/mol. The molecule has 4 heterocycles. The lowest BCUT2D eigenvalue weighted by Crippen LogP contribution is -2.52. The van der Waals surface area contributed by atoms with Crippen molar-refractivity contribution in [1.82, 2.24) is 20.2 Å². The summed E-state index contributed by atoms with van der Waals surface area (Å²) in [5.41, 5.74) is 6.04. The number of anilines is 2. The summed E-state index contributed by atoms with van der Waals surface area (Å²) >= 11 is 1.58. The highest BCUT2D eigenvalue weighted by atomic mass is 32.1. The summed E-state index contributed by atoms with van der Waals surface area (Å²) in [5, 5.41) is 6.16. The molecule has 0 bridgehead atoms. The van der Waals surface area contributed by atoms with Crippen LogP contribution in [0, 0.1) is 0 Å². The highest BCUT2D eigenvalue weighted by molar-refractivity contribution is 7.21. The fraction of sp³-hybridized carbons (Fsp3) is 0.300. The van der Waals surface area contributed by atoms with Gasteiger partial charge >= 0.3 is 0 Å². The number of aromatic nitrogens is 2. The maximum absolute atomic E-state index is 12.9. The molecular formula is C40H40N6O7S. The topological polar surface area (TPSA) is 152 Å². The van der Waals surface area contributed by atoms with Crippen LogP contribution in [0.1, 0.15) is 35.2 Å². The number of piperidine rings is 1. The fourth-order valence-corrected chi connectivity index (χ4v) is 7.33. The summed E-state index contributed by atoms with van der Waals surface area (Å²) in [6.45, 7) is 1.86. The van der Waals surface area contributed by atoms with Gasteiger partial charge < -0.3 is 29.3 Å². The molecular weight excluding hydrogens is 709 g/mol. The first-order valence-electron chi connectivity index (χ1n) is 17.7. The lowest BCUT2D eigenvalue weighted by molar-refractivity contribution is -0.137. The van der Waals surface area contributed by atoms with Crippen molar-refractivity contribution < 1.29 is 33.4 Å². The molecule has 3 aromatic carbocycles. The molecule has 14 heteroatoms. The number of amides is 4. The summed E-state index contributed by atoms with van der Waals surface area (Å²) in [6, 6.07) is 22.6. The maximum Gasteiger partial charge on any atom is 0.255 e. The lowest BCUT2D eigenvalue weighted by Gasteiger charge is -2.29. The van der Waals surface area contributed by atoms with E-state index < -0.39 is 11.9 Å². The molecule has 0 aliphatic carbocycles. The van der Waals surface area contributed by atoms with Crippen molar-refractivity contribution in [1.29, 1.82) is 0 Å². The second-order valence-corrected chi connectivity index (χ2v) is 14.2. The monoisotopic (exact) mass is 748 g/mol. The van der Waals surface area contributed by atoms with E-state index in [1.165, 1.54) is 4.90 Å². The number of nitrogens with zero attached hydrogens (tertiary/aromatic N) is 4. The van der Waals surface area contributed by atoms with Crippen LogP contribution >= 0.6 is 11.3 Å². The Labute approximate surface area is 316 Å². The quantitative estimate of drug-likeness (QED) is 0.107. The number of nitrogens with one attached hydrogen (secondary N) is 2. The van der Waals surface area contributed by atoms with Gasteiger partial charge in [0.2, 0.25) is 17.7 Å². The molecule has 0 radical (unpaired) electrons. The summed E-state index contributed by atoms with van der Waals surface area (Å²) in [6.07, 6.45) is 2.61. The Balaban J connectivity index is 0.785. The first-order valence-corrected chi connectivity index (χ1v) is 18.5. The summed E-state index contributed by atoms with van der Waals surface area (Å²) < 4.78 is 18.0. The van der Waals surface area contributed by atoms with Gasteiger partial charge in [0.15, 0.2) is 0 Å². The predicted octanol–water partition coefficient (Wildman–Crippen LogP) is 5.29. The molecule has 0 saturated carbocycles. The SMILES string of the molecule is CN(C)c1ccc(-c2ccc(-c3nc4ccc(NC(=O)CCOCCOCCOc5ccc6c(c5)CN(C5CCC(=O)NC5=O)C6=O)cc4s3)cc2)cn1. The van der Waals surface area contributed by atoms with E-state index in [9.17, 15) is 19.2 Å². The highest BCUT2D eigenvalue weighted by Gasteiger charge is 2.39. The average molecular weight is 749 g/mol. The van der Waals surface area contributed by atoms with Crippen LogP contribution in [0.4, 0.5) is 11.5 Å². The molecule has 4 amide bonds. The minimum Gasteiger partial charge on any atom is -0.491 e. The third-order valence-corrected chi connectivity index (χ3v) is 10.2. The van der Waals surface area contributed by atoms with E-state index in [4.69, 9.17) is 19.2 Å². The Morgan fingerprint density at radius 2 is 1.67 bits per heavy atom. The number of benzene rings is 3. The lowest BCUT2D eigenvalue weighted by atomic mass is 10.0. The molecule has 5 aromatic rings. The Hall–Kier alpha value is -5.70. The van der Waals surface area contributed by atoms with Crippen molar-refractivity contribution in [3.05, 3.63) is 90.1 Å². The van der Waals surface area contributed by atoms with Gasteiger partial charge in [-0.25, -0.2) is 9.97 Å². The van der Waals surface area contributed by atoms with E-state index in [1.807, 2.05) is 49.5 Å². The molecule has 1 saturated heterocycles. The van der Waals surface area contributed by atoms with Gasteiger partial charge in [0, 0.05) is 55.6 Å². The second kappa shape index (κ2) is 16.5. The van der Waals surface area contributed by atoms with Crippen LogP contribution in [0.3, 0.4) is 0 Å².